The van der Waals surface area contributed by atoms with Crippen molar-refractivity contribution < 1.29 is 0 Å². The topological polar surface area (TPSA) is 3.24 Å². The molecule has 2 aromatic rings. The number of benzene rings is 2. The van der Waals surface area contributed by atoms with Crippen LogP contribution in [-0.2, 0) is 0 Å². The molecule has 2 rings (SSSR count). The molecule has 0 unspecified atom stereocenters. The Labute approximate surface area is 120 Å². The summed E-state index contributed by atoms with van der Waals surface area (Å²) in [5, 5.41) is 3.02. The van der Waals surface area contributed by atoms with Crippen LogP contribution >= 0.6 is 0 Å². The van der Waals surface area contributed by atoms with Gasteiger partial charge < -0.3 is 4.23 Å². The van der Waals surface area contributed by atoms with Gasteiger partial charge in [-0.1, -0.05) is 80.7 Å². The molecular weight excluding hydrogens is 262 g/mol. The van der Waals surface area contributed by atoms with Gasteiger partial charge in [-0.2, -0.15) is 0 Å². The smallest absolute Gasteiger partial charge is 0.162 e. The molecule has 0 heterocycles. The van der Waals surface area contributed by atoms with Crippen LogP contribution in [0, 0.1) is 0 Å². The predicted molar refractivity (Wildman–Crippen MR) is 87.8 cm³/mol. The van der Waals surface area contributed by atoms with E-state index in [9.17, 15) is 0 Å². The average molecular weight is 284 g/mol. The van der Waals surface area contributed by atoms with E-state index >= 15 is 0 Å². The van der Waals surface area contributed by atoms with Crippen molar-refractivity contribution in [1.82, 2.24) is 4.23 Å². The molecule has 0 saturated carbocycles. The van der Waals surface area contributed by atoms with E-state index < -0.39 is 17.9 Å². The minimum absolute atomic E-state index is 0.624. The zero-order chi connectivity index (χ0) is 13.7. The highest BCUT2D eigenvalue weighted by Crippen LogP contribution is 2.02. The van der Waals surface area contributed by atoms with Crippen LogP contribution in [0.25, 0.3) is 0 Å². The number of hydrogen-bond acceptors (Lipinski definition) is 1. The number of rotatable bonds is 5. The van der Waals surface area contributed by atoms with Gasteiger partial charge in [-0.3, -0.25) is 0 Å². The fraction of sp³-hybridized carbons (Fsp3) is 0.250. The number of hydrogen-bond donors (Lipinski definition) is 0. The fourth-order valence-corrected chi connectivity index (χ4v) is 8.11. The first kappa shape index (κ1) is 14.2. The molecule has 0 saturated heterocycles. The second kappa shape index (κ2) is 6.84. The Balaban J connectivity index is 2.20. The third-order valence-electron chi connectivity index (χ3n) is 3.51. The molecule has 98 valence electrons. The Morgan fingerprint density at radius 3 is 1.42 bits per heavy atom. The highest BCUT2D eigenvalue weighted by Gasteiger charge is 2.24. The van der Waals surface area contributed by atoms with Gasteiger partial charge in [0.2, 0.25) is 0 Å². The largest absolute Gasteiger partial charge is 0.340 e. The molecule has 0 aromatic heterocycles. The van der Waals surface area contributed by atoms with E-state index in [1.807, 2.05) is 0 Å². The van der Waals surface area contributed by atoms with Crippen LogP contribution < -0.4 is 10.4 Å². The lowest BCUT2D eigenvalue weighted by atomic mass is 10.4. The Bertz CT molecular complexity index is 441. The zero-order valence-electron chi connectivity index (χ0n) is 11.9. The van der Waals surface area contributed by atoms with Gasteiger partial charge in [-0.05, 0) is 16.9 Å². The quantitative estimate of drug-likeness (QED) is 0.762. The summed E-state index contributed by atoms with van der Waals surface area (Å²) in [6.07, 6.45) is 0. The maximum Gasteiger partial charge on any atom is 0.162 e. The van der Waals surface area contributed by atoms with Crippen molar-refractivity contribution in [2.45, 2.75) is 20.0 Å². The molecule has 2 aromatic carbocycles. The molecule has 0 bridgehead atoms. The Morgan fingerprint density at radius 2 is 1.11 bits per heavy atom. The van der Waals surface area contributed by atoms with Gasteiger partial charge in [0.1, 0.15) is 0 Å². The van der Waals surface area contributed by atoms with Crippen LogP contribution in [0.5, 0.6) is 0 Å². The van der Waals surface area contributed by atoms with E-state index in [0.29, 0.717) is 0 Å². The van der Waals surface area contributed by atoms with Gasteiger partial charge in [-0.15, -0.1) is 0 Å². The van der Waals surface area contributed by atoms with Gasteiger partial charge in [0, 0.05) is 0 Å². The highest BCUT2D eigenvalue weighted by molar-refractivity contribution is 6.84. The minimum atomic E-state index is -0.624. The van der Waals surface area contributed by atoms with Crippen molar-refractivity contribution in [1.29, 1.82) is 0 Å². The van der Waals surface area contributed by atoms with Crippen molar-refractivity contribution in [2.75, 3.05) is 6.54 Å². The SMILES string of the molecule is CCN([Si](C)c1ccccc1)[Si](C)c1ccccc1. The summed E-state index contributed by atoms with van der Waals surface area (Å²) in [5.41, 5.74) is 0. The standard InChI is InChI=1S/C16H21NSi2/c1-4-17(18(2)15-11-7-5-8-12-15)19(3)16-13-9-6-10-14-16/h5-14H,4H2,1-3H3. The van der Waals surface area contributed by atoms with Crippen LogP contribution in [0.1, 0.15) is 6.92 Å². The molecule has 0 aliphatic carbocycles. The molecular formula is C16H21NSi2. The third kappa shape index (κ3) is 3.44. The first-order valence-corrected chi connectivity index (χ1v) is 10.7. The molecule has 3 heteroatoms. The molecule has 19 heavy (non-hydrogen) atoms. The van der Waals surface area contributed by atoms with Crippen molar-refractivity contribution in [3.63, 3.8) is 0 Å². The average Bonchev–Trinajstić information content (AvgIpc) is 2.49. The minimum Gasteiger partial charge on any atom is -0.340 e. The first-order valence-electron chi connectivity index (χ1n) is 6.79. The summed E-state index contributed by atoms with van der Waals surface area (Å²) >= 11 is 0. The van der Waals surface area contributed by atoms with Crippen LogP contribution in [0.4, 0.5) is 0 Å². The van der Waals surface area contributed by atoms with Gasteiger partial charge in [0.15, 0.2) is 17.9 Å². The van der Waals surface area contributed by atoms with Gasteiger partial charge in [0.25, 0.3) is 0 Å². The monoisotopic (exact) mass is 283 g/mol. The molecule has 0 amide bonds. The zero-order valence-corrected chi connectivity index (χ0v) is 13.9. The lowest BCUT2D eigenvalue weighted by Crippen LogP contribution is -2.56. The molecule has 0 fully saturated rings. The molecule has 0 aliphatic heterocycles. The first-order chi connectivity index (χ1) is 9.24. The molecule has 0 atom stereocenters. The van der Waals surface area contributed by atoms with Crippen LogP contribution in [-0.4, -0.2) is 28.7 Å². The van der Waals surface area contributed by atoms with Crippen molar-refractivity contribution >= 4 is 28.3 Å². The lowest BCUT2D eigenvalue weighted by molar-refractivity contribution is 0.698. The summed E-state index contributed by atoms with van der Waals surface area (Å²) in [7, 11) is -1.25. The van der Waals surface area contributed by atoms with Crippen LogP contribution in [0.15, 0.2) is 60.7 Å². The third-order valence-corrected chi connectivity index (χ3v) is 10.1. The summed E-state index contributed by atoms with van der Waals surface area (Å²) in [6.45, 7) is 8.26. The van der Waals surface area contributed by atoms with Crippen molar-refractivity contribution in [2.24, 2.45) is 0 Å². The summed E-state index contributed by atoms with van der Waals surface area (Å²) in [4.78, 5) is 0. The molecule has 1 nitrogen and oxygen atoms in total. The van der Waals surface area contributed by atoms with E-state index in [2.05, 4.69) is 84.9 Å². The fourth-order valence-electron chi connectivity index (χ4n) is 2.40. The normalized spacial score (nSPS) is 11.5. The number of nitrogens with zero attached hydrogens (tertiary/aromatic N) is 1. The van der Waals surface area contributed by atoms with E-state index in [-0.39, 0.29) is 0 Å². The van der Waals surface area contributed by atoms with E-state index in [1.54, 1.807) is 0 Å². The Kier molecular flexibility index (Phi) is 5.13. The summed E-state index contributed by atoms with van der Waals surface area (Å²) in [5.74, 6) is 0. The molecule has 2 radical (unpaired) electrons. The van der Waals surface area contributed by atoms with Crippen molar-refractivity contribution in [3.05, 3.63) is 60.7 Å². The molecule has 0 N–H and O–H groups in total. The van der Waals surface area contributed by atoms with Crippen molar-refractivity contribution in [3.8, 4) is 0 Å². The van der Waals surface area contributed by atoms with Gasteiger partial charge in [0.05, 0.1) is 0 Å². The van der Waals surface area contributed by atoms with Crippen LogP contribution in [0.3, 0.4) is 0 Å². The van der Waals surface area contributed by atoms with Crippen LogP contribution in [0.2, 0.25) is 13.1 Å². The highest BCUT2D eigenvalue weighted by atomic mass is 28.4. The van der Waals surface area contributed by atoms with E-state index in [0.717, 1.165) is 6.54 Å². The Hall–Kier alpha value is -1.17. The van der Waals surface area contributed by atoms with Gasteiger partial charge >= 0.3 is 0 Å². The molecule has 0 spiro atoms. The van der Waals surface area contributed by atoms with E-state index in [4.69, 9.17) is 0 Å². The lowest BCUT2D eigenvalue weighted by Gasteiger charge is -2.31. The molecule has 0 aliphatic rings. The predicted octanol–water partition coefficient (Wildman–Crippen LogP) is 2.37. The maximum absolute atomic E-state index is 2.74. The Morgan fingerprint density at radius 1 is 0.737 bits per heavy atom. The second-order valence-electron chi connectivity index (χ2n) is 4.65. The summed E-state index contributed by atoms with van der Waals surface area (Å²) in [6, 6.07) is 21.9. The second-order valence-corrected chi connectivity index (χ2v) is 9.67. The van der Waals surface area contributed by atoms with Gasteiger partial charge in [-0.25, -0.2) is 0 Å². The maximum atomic E-state index is 2.74. The summed E-state index contributed by atoms with van der Waals surface area (Å²) < 4.78 is 2.74. The van der Waals surface area contributed by atoms with E-state index in [1.165, 1.54) is 10.4 Å².